The molecule has 1 aromatic heterocycles. The minimum atomic E-state index is -0.201. The van der Waals surface area contributed by atoms with Crippen molar-refractivity contribution in [2.75, 3.05) is 6.54 Å². The summed E-state index contributed by atoms with van der Waals surface area (Å²) in [6, 6.07) is 10.9. The molecule has 0 saturated carbocycles. The molecule has 1 aliphatic rings. The molecule has 0 unspecified atom stereocenters. The molecule has 19 heavy (non-hydrogen) atoms. The molecule has 0 radical (unpaired) electrons. The molecule has 0 saturated heterocycles. The summed E-state index contributed by atoms with van der Waals surface area (Å²) in [5.41, 5.74) is 3.45. The van der Waals surface area contributed by atoms with Gasteiger partial charge in [-0.2, -0.15) is 0 Å². The fourth-order valence-corrected chi connectivity index (χ4v) is 2.72. The molecular formula is C16H16FN2+. The van der Waals surface area contributed by atoms with E-state index in [1.807, 2.05) is 31.3 Å². The Hall–Kier alpha value is -2.03. The molecule has 2 heterocycles. The molecule has 3 heteroatoms. The van der Waals surface area contributed by atoms with Crippen LogP contribution >= 0.6 is 0 Å². The van der Waals surface area contributed by atoms with E-state index in [0.717, 1.165) is 24.2 Å². The van der Waals surface area contributed by atoms with Gasteiger partial charge in [0.15, 0.2) is 0 Å². The zero-order valence-corrected chi connectivity index (χ0v) is 10.9. The molecule has 0 aliphatic carbocycles. The van der Waals surface area contributed by atoms with Crippen LogP contribution in [0.2, 0.25) is 0 Å². The second-order valence-electron chi connectivity index (χ2n) is 4.75. The standard InChI is InChI=1S/C16H16FN2/c1-2-19-11-9-12-4-3-10-18-15(12)16(19)13-5-7-14(17)8-6-13/h2-8,10,16H,9,11H2,1H3/q+1/t16-/m1/s1. The van der Waals surface area contributed by atoms with Crippen molar-refractivity contribution in [2.24, 2.45) is 0 Å². The molecule has 1 aliphatic heterocycles. The summed E-state index contributed by atoms with van der Waals surface area (Å²) in [6.45, 7) is 3.00. The fraction of sp³-hybridized carbons (Fsp3) is 0.250. The van der Waals surface area contributed by atoms with Gasteiger partial charge in [-0.05, 0) is 35.9 Å². The fourth-order valence-electron chi connectivity index (χ4n) is 2.72. The van der Waals surface area contributed by atoms with Gasteiger partial charge in [0.2, 0.25) is 6.04 Å². The summed E-state index contributed by atoms with van der Waals surface area (Å²) in [5, 5.41) is 0. The largest absolute Gasteiger partial charge is 0.254 e. The highest BCUT2D eigenvalue weighted by atomic mass is 19.1. The first-order chi connectivity index (χ1) is 9.29. The normalized spacial score (nSPS) is 20.3. The molecule has 2 aromatic rings. The molecule has 0 fully saturated rings. The Kier molecular flexibility index (Phi) is 3.11. The van der Waals surface area contributed by atoms with Crippen LogP contribution < -0.4 is 0 Å². The van der Waals surface area contributed by atoms with Crippen molar-refractivity contribution in [3.05, 3.63) is 65.2 Å². The van der Waals surface area contributed by atoms with Crippen LogP contribution in [0.1, 0.15) is 29.8 Å². The van der Waals surface area contributed by atoms with E-state index >= 15 is 0 Å². The van der Waals surface area contributed by atoms with E-state index in [1.54, 1.807) is 0 Å². The minimum absolute atomic E-state index is 0.0931. The summed E-state index contributed by atoms with van der Waals surface area (Å²) in [7, 11) is 0. The lowest BCUT2D eigenvalue weighted by atomic mass is 9.93. The van der Waals surface area contributed by atoms with Crippen LogP contribution in [0.4, 0.5) is 4.39 Å². The van der Waals surface area contributed by atoms with Crippen LogP contribution in [0.3, 0.4) is 0 Å². The Morgan fingerprint density at radius 1 is 1.26 bits per heavy atom. The van der Waals surface area contributed by atoms with Crippen molar-refractivity contribution in [2.45, 2.75) is 19.4 Å². The average Bonchev–Trinajstić information content (AvgIpc) is 2.47. The molecule has 0 amide bonds. The molecule has 0 bridgehead atoms. The second kappa shape index (κ2) is 4.92. The van der Waals surface area contributed by atoms with E-state index in [1.165, 1.54) is 17.7 Å². The smallest absolute Gasteiger partial charge is 0.220 e. The molecule has 0 spiro atoms. The molecular weight excluding hydrogens is 239 g/mol. The van der Waals surface area contributed by atoms with Gasteiger partial charge in [0, 0.05) is 25.1 Å². The monoisotopic (exact) mass is 255 g/mol. The van der Waals surface area contributed by atoms with Crippen molar-refractivity contribution in [1.29, 1.82) is 0 Å². The topological polar surface area (TPSA) is 15.9 Å². The first-order valence-corrected chi connectivity index (χ1v) is 6.54. The number of hydrogen-bond acceptors (Lipinski definition) is 1. The number of hydrogen-bond donors (Lipinski definition) is 0. The first kappa shape index (κ1) is 12.0. The summed E-state index contributed by atoms with van der Waals surface area (Å²) in [4.78, 5) is 4.54. The number of fused-ring (bicyclic) bond motifs is 1. The van der Waals surface area contributed by atoms with Gasteiger partial charge in [-0.1, -0.05) is 6.07 Å². The van der Waals surface area contributed by atoms with Crippen LogP contribution in [-0.2, 0) is 6.42 Å². The highest BCUT2D eigenvalue weighted by Gasteiger charge is 2.32. The van der Waals surface area contributed by atoms with E-state index < -0.39 is 0 Å². The van der Waals surface area contributed by atoms with E-state index in [4.69, 9.17) is 0 Å². The lowest BCUT2D eigenvalue weighted by molar-refractivity contribution is -0.563. The Labute approximate surface area is 112 Å². The Balaban J connectivity index is 2.13. The number of benzene rings is 1. The van der Waals surface area contributed by atoms with Crippen molar-refractivity contribution in [1.82, 2.24) is 4.98 Å². The molecule has 3 rings (SSSR count). The average molecular weight is 255 g/mol. The first-order valence-electron chi connectivity index (χ1n) is 6.54. The number of nitrogens with zero attached hydrogens (tertiary/aromatic N) is 2. The van der Waals surface area contributed by atoms with Crippen LogP contribution in [0.25, 0.3) is 0 Å². The third kappa shape index (κ3) is 2.16. The Morgan fingerprint density at radius 3 is 2.79 bits per heavy atom. The van der Waals surface area contributed by atoms with Crippen LogP contribution in [0.5, 0.6) is 0 Å². The van der Waals surface area contributed by atoms with E-state index in [0.29, 0.717) is 0 Å². The Bertz CT molecular complexity index is 617. The lowest BCUT2D eigenvalue weighted by Crippen LogP contribution is -2.29. The number of halogens is 1. The maximum Gasteiger partial charge on any atom is 0.220 e. The number of rotatable bonds is 1. The van der Waals surface area contributed by atoms with Gasteiger partial charge < -0.3 is 0 Å². The molecule has 0 N–H and O–H groups in total. The molecule has 96 valence electrons. The third-order valence-electron chi connectivity index (χ3n) is 3.67. The van der Waals surface area contributed by atoms with E-state index in [2.05, 4.69) is 21.8 Å². The van der Waals surface area contributed by atoms with Gasteiger partial charge in [-0.25, -0.2) is 8.97 Å². The minimum Gasteiger partial charge on any atom is -0.254 e. The van der Waals surface area contributed by atoms with Crippen molar-refractivity contribution < 1.29 is 8.97 Å². The van der Waals surface area contributed by atoms with Gasteiger partial charge in [-0.15, -0.1) is 0 Å². The summed E-state index contributed by atoms with van der Waals surface area (Å²) >= 11 is 0. The number of aromatic nitrogens is 1. The highest BCUT2D eigenvalue weighted by molar-refractivity contribution is 5.48. The van der Waals surface area contributed by atoms with Crippen LogP contribution in [0.15, 0.2) is 42.6 Å². The van der Waals surface area contributed by atoms with Crippen molar-refractivity contribution >= 4 is 6.21 Å². The van der Waals surface area contributed by atoms with Gasteiger partial charge in [0.25, 0.3) is 0 Å². The second-order valence-corrected chi connectivity index (χ2v) is 4.75. The maximum atomic E-state index is 13.1. The van der Waals surface area contributed by atoms with Crippen molar-refractivity contribution in [3.63, 3.8) is 0 Å². The lowest BCUT2D eigenvalue weighted by Gasteiger charge is -2.23. The molecule has 1 atom stereocenters. The number of pyridine rings is 1. The molecule has 2 nitrogen and oxygen atoms in total. The zero-order valence-electron chi connectivity index (χ0n) is 10.9. The van der Waals surface area contributed by atoms with Crippen LogP contribution in [-0.4, -0.2) is 22.3 Å². The van der Waals surface area contributed by atoms with Crippen LogP contribution in [0, 0.1) is 5.82 Å². The van der Waals surface area contributed by atoms with Gasteiger partial charge in [0.1, 0.15) is 24.3 Å². The van der Waals surface area contributed by atoms with Gasteiger partial charge in [0.05, 0.1) is 0 Å². The SMILES string of the molecule is CC=[N+]1CCc2cccnc2[C@H]1c1ccc(F)cc1. The van der Waals surface area contributed by atoms with E-state index in [9.17, 15) is 4.39 Å². The quantitative estimate of drug-likeness (QED) is 0.715. The Morgan fingerprint density at radius 2 is 2.05 bits per heavy atom. The summed E-state index contributed by atoms with van der Waals surface area (Å²) in [6.07, 6.45) is 4.92. The highest BCUT2D eigenvalue weighted by Crippen LogP contribution is 2.30. The summed E-state index contributed by atoms with van der Waals surface area (Å²) < 4.78 is 15.4. The maximum absolute atomic E-state index is 13.1. The van der Waals surface area contributed by atoms with E-state index in [-0.39, 0.29) is 11.9 Å². The van der Waals surface area contributed by atoms with Crippen molar-refractivity contribution in [3.8, 4) is 0 Å². The summed E-state index contributed by atoms with van der Waals surface area (Å²) in [5.74, 6) is -0.201. The molecule has 1 aromatic carbocycles. The predicted molar refractivity (Wildman–Crippen MR) is 73.0 cm³/mol. The third-order valence-corrected chi connectivity index (χ3v) is 3.67. The van der Waals surface area contributed by atoms with Gasteiger partial charge in [-0.3, -0.25) is 4.98 Å². The zero-order chi connectivity index (χ0) is 13.2. The predicted octanol–water partition coefficient (Wildman–Crippen LogP) is 2.97. The van der Waals surface area contributed by atoms with Gasteiger partial charge >= 0.3 is 0 Å².